The highest BCUT2D eigenvalue weighted by Gasteiger charge is 2.85. The normalized spacial score (nSPS) is 45.1. The molecule has 2 aliphatic heterocycles. The van der Waals surface area contributed by atoms with Crippen LogP contribution in [0.1, 0.15) is 84.3 Å². The Morgan fingerprint density at radius 3 is 2.54 bits per heavy atom. The molecule has 5 aliphatic carbocycles. The molecule has 0 aromatic heterocycles. The highest BCUT2D eigenvalue weighted by atomic mass is 16.6. The summed E-state index contributed by atoms with van der Waals surface area (Å²) in [7, 11) is 1.83. The van der Waals surface area contributed by atoms with Gasteiger partial charge in [-0.05, 0) is 81.4 Å². The minimum absolute atomic E-state index is 0.00111. The minimum atomic E-state index is -0.971. The third-order valence-corrected chi connectivity index (χ3v) is 12.6. The van der Waals surface area contributed by atoms with E-state index in [-0.39, 0.29) is 28.1 Å². The highest BCUT2D eigenvalue weighted by Crippen LogP contribution is 2.80. The van der Waals surface area contributed by atoms with Crippen LogP contribution in [0.3, 0.4) is 0 Å². The van der Waals surface area contributed by atoms with Crippen molar-refractivity contribution in [2.24, 2.45) is 22.2 Å². The van der Waals surface area contributed by atoms with Gasteiger partial charge in [-0.3, -0.25) is 4.90 Å². The summed E-state index contributed by atoms with van der Waals surface area (Å²) in [5.74, 6) is 1.81. The summed E-state index contributed by atoms with van der Waals surface area (Å²) >= 11 is 0. The zero-order valence-electron chi connectivity index (χ0n) is 22.4. The first-order valence-corrected chi connectivity index (χ1v) is 13.9. The molecule has 4 saturated carbocycles. The zero-order valence-corrected chi connectivity index (χ0v) is 22.4. The van der Waals surface area contributed by atoms with Gasteiger partial charge in [-0.1, -0.05) is 33.8 Å². The van der Waals surface area contributed by atoms with E-state index < -0.39 is 16.6 Å². The van der Waals surface area contributed by atoms with E-state index in [0.717, 1.165) is 44.6 Å². The van der Waals surface area contributed by atoms with Crippen molar-refractivity contribution in [2.75, 3.05) is 20.2 Å². The summed E-state index contributed by atoms with van der Waals surface area (Å²) in [5, 5.41) is 23.5. The van der Waals surface area contributed by atoms with Gasteiger partial charge in [-0.2, -0.15) is 0 Å². The Hall–Kier alpha value is -1.30. The van der Waals surface area contributed by atoms with Crippen molar-refractivity contribution in [1.82, 2.24) is 4.90 Å². The Morgan fingerprint density at radius 2 is 1.89 bits per heavy atom. The minimum Gasteiger partial charge on any atom is -0.504 e. The number of piperidine rings is 1. The lowest BCUT2D eigenvalue weighted by molar-refractivity contribution is -0.350. The molecule has 5 nitrogen and oxygen atoms in total. The van der Waals surface area contributed by atoms with E-state index in [2.05, 4.69) is 38.7 Å². The molecular weight excluding hydrogens is 438 g/mol. The van der Waals surface area contributed by atoms with Gasteiger partial charge in [0.2, 0.25) is 0 Å². The quantitative estimate of drug-likeness (QED) is 0.647. The number of benzene rings is 1. The predicted octanol–water partition coefficient (Wildman–Crippen LogP) is 4.80. The highest BCUT2D eigenvalue weighted by molar-refractivity contribution is 5.63. The summed E-state index contributed by atoms with van der Waals surface area (Å²) in [5.41, 5.74) is 0.0427. The fraction of sp³-hybridized carbons (Fsp3) is 0.800. The summed E-state index contributed by atoms with van der Waals surface area (Å²) in [6.07, 6.45) is 7.50. The first-order valence-electron chi connectivity index (χ1n) is 13.9. The maximum absolute atomic E-state index is 12.5. The molecule has 5 fully saturated rings. The molecule has 7 atom stereocenters. The third-order valence-electron chi connectivity index (χ3n) is 12.6. The second-order valence-corrected chi connectivity index (χ2v) is 14.4. The van der Waals surface area contributed by atoms with E-state index in [1.165, 1.54) is 30.5 Å². The average Bonchev–Trinajstić information content (AvgIpc) is 3.53. The van der Waals surface area contributed by atoms with Gasteiger partial charge < -0.3 is 19.7 Å². The molecule has 2 heterocycles. The molecule has 1 aromatic rings. The number of rotatable bonds is 4. The Labute approximate surface area is 210 Å². The lowest BCUT2D eigenvalue weighted by atomic mass is 9.29. The van der Waals surface area contributed by atoms with E-state index >= 15 is 0 Å². The zero-order chi connectivity index (χ0) is 24.8. The summed E-state index contributed by atoms with van der Waals surface area (Å²) in [4.78, 5) is 2.82. The van der Waals surface area contributed by atoms with Crippen molar-refractivity contribution in [1.29, 1.82) is 0 Å². The Balaban J connectivity index is 1.51. The van der Waals surface area contributed by atoms with E-state index in [1.54, 1.807) is 0 Å². The van der Waals surface area contributed by atoms with Crippen molar-refractivity contribution in [3.8, 4) is 11.5 Å². The molecule has 2 N–H and O–H groups in total. The maximum atomic E-state index is 12.5. The number of phenols is 1. The lowest BCUT2D eigenvalue weighted by Crippen LogP contribution is -2.86. The van der Waals surface area contributed by atoms with Crippen LogP contribution in [0.5, 0.6) is 11.5 Å². The molecule has 0 radical (unpaired) electrons. The molecule has 2 spiro atoms. The monoisotopic (exact) mass is 481 g/mol. The van der Waals surface area contributed by atoms with Crippen molar-refractivity contribution in [2.45, 2.75) is 108 Å². The maximum Gasteiger partial charge on any atom is 0.165 e. The molecule has 0 unspecified atom stereocenters. The van der Waals surface area contributed by atoms with Crippen molar-refractivity contribution in [3.63, 3.8) is 0 Å². The number of likely N-dealkylation sites (tertiary alicyclic amines) is 1. The number of aliphatic hydroxyl groups is 1. The van der Waals surface area contributed by atoms with Crippen LogP contribution in [0.15, 0.2) is 12.1 Å². The van der Waals surface area contributed by atoms with Crippen molar-refractivity contribution >= 4 is 0 Å². The Kier molecular flexibility index (Phi) is 4.18. The van der Waals surface area contributed by atoms with Crippen LogP contribution in [-0.2, 0) is 16.6 Å². The van der Waals surface area contributed by atoms with Gasteiger partial charge in [0, 0.05) is 41.5 Å². The van der Waals surface area contributed by atoms with Crippen LogP contribution in [-0.4, -0.2) is 58.7 Å². The van der Waals surface area contributed by atoms with Crippen molar-refractivity contribution in [3.05, 3.63) is 23.3 Å². The van der Waals surface area contributed by atoms with E-state index in [1.807, 2.05) is 20.1 Å². The number of phenolic OH excluding ortho intramolecular Hbond substituents is 1. The number of nitrogens with zero attached hydrogens (tertiary/aromatic N) is 1. The van der Waals surface area contributed by atoms with E-state index in [4.69, 9.17) is 9.47 Å². The second-order valence-electron chi connectivity index (χ2n) is 14.4. The molecule has 1 aromatic carbocycles. The number of methoxy groups -OCH3 is 1. The molecule has 35 heavy (non-hydrogen) atoms. The Morgan fingerprint density at radius 1 is 1.14 bits per heavy atom. The SMILES string of the molecule is CO[C@@]12CC[C@@]3(C[C@]1(C)[C@](C)(O)C(C)(C)C)[C@H]1Cc4ccc(O)c5c4[C@@]3(CCN1CC1CC1)[C@H]2O5. The number of aromatic hydroxyl groups is 1. The largest absolute Gasteiger partial charge is 0.504 e. The molecule has 5 heteroatoms. The second kappa shape index (κ2) is 6.39. The first-order chi connectivity index (χ1) is 16.4. The molecule has 4 bridgehead atoms. The Bertz CT molecular complexity index is 1100. The van der Waals surface area contributed by atoms with Gasteiger partial charge >= 0.3 is 0 Å². The summed E-state index contributed by atoms with van der Waals surface area (Å²) in [6, 6.07) is 4.44. The van der Waals surface area contributed by atoms with E-state index in [9.17, 15) is 10.2 Å². The van der Waals surface area contributed by atoms with Gasteiger partial charge in [-0.25, -0.2) is 0 Å². The van der Waals surface area contributed by atoms with Gasteiger partial charge in [-0.15, -0.1) is 0 Å². The topological polar surface area (TPSA) is 62.2 Å². The third kappa shape index (κ3) is 2.26. The smallest absolute Gasteiger partial charge is 0.165 e. The standard InChI is InChI=1S/C30H43NO4/c1-25(2,3)27(5,33)26(4)17-28-11-12-30(26,34-6)24-29(28)13-14-31(16-18-7-8-18)21(28)15-19-9-10-20(32)23(35-24)22(19)29/h9-10,18,21,24,32-33H,7-8,11-17H2,1-6H3/t21-,24-,26-,27-,28-,29+,30-/m1/s1. The summed E-state index contributed by atoms with van der Waals surface area (Å²) in [6.45, 7) is 13.1. The van der Waals surface area contributed by atoms with E-state index in [0.29, 0.717) is 11.8 Å². The van der Waals surface area contributed by atoms with Crippen LogP contribution in [0, 0.1) is 22.2 Å². The molecule has 0 amide bonds. The van der Waals surface area contributed by atoms with Crippen LogP contribution < -0.4 is 4.74 Å². The number of fused-ring (bicyclic) bond motifs is 2. The number of ether oxygens (including phenoxy) is 2. The predicted molar refractivity (Wildman–Crippen MR) is 135 cm³/mol. The van der Waals surface area contributed by atoms with Gasteiger partial charge in [0.25, 0.3) is 0 Å². The summed E-state index contributed by atoms with van der Waals surface area (Å²) < 4.78 is 13.6. The first kappa shape index (κ1) is 22.9. The van der Waals surface area contributed by atoms with Gasteiger partial charge in [0.15, 0.2) is 11.5 Å². The number of hydrogen-bond donors (Lipinski definition) is 2. The molecular formula is C30H43NO4. The van der Waals surface area contributed by atoms with Crippen LogP contribution in [0.2, 0.25) is 0 Å². The van der Waals surface area contributed by atoms with Crippen LogP contribution in [0.25, 0.3) is 0 Å². The average molecular weight is 482 g/mol. The fourth-order valence-electron chi connectivity index (χ4n) is 10.2. The van der Waals surface area contributed by atoms with Gasteiger partial charge in [0.05, 0.1) is 5.60 Å². The van der Waals surface area contributed by atoms with Crippen LogP contribution >= 0.6 is 0 Å². The molecule has 1 saturated heterocycles. The lowest BCUT2D eigenvalue weighted by Gasteiger charge is -2.78. The van der Waals surface area contributed by atoms with Crippen molar-refractivity contribution < 1.29 is 19.7 Å². The molecule has 8 rings (SSSR count). The van der Waals surface area contributed by atoms with Crippen LogP contribution in [0.4, 0.5) is 0 Å². The molecule has 192 valence electrons. The number of hydrogen-bond acceptors (Lipinski definition) is 5. The fourth-order valence-corrected chi connectivity index (χ4v) is 10.2. The molecule has 7 aliphatic rings. The van der Waals surface area contributed by atoms with Gasteiger partial charge in [0.1, 0.15) is 11.7 Å².